The van der Waals surface area contributed by atoms with E-state index in [-0.39, 0.29) is 16.7 Å². The number of carbonyl (C=O) groups is 1. The Labute approximate surface area is 111 Å². The van der Waals surface area contributed by atoms with Crippen molar-refractivity contribution in [1.29, 1.82) is 0 Å². The summed E-state index contributed by atoms with van der Waals surface area (Å²) in [6, 6.07) is 0. The van der Waals surface area contributed by atoms with Crippen LogP contribution in [0.15, 0.2) is 0 Å². The Morgan fingerprint density at radius 1 is 1.24 bits per heavy atom. The molecular weight excluding hydrogens is 234 g/mol. The largest absolute Gasteiger partial charge is 0.355 e. The van der Waals surface area contributed by atoms with Crippen LogP contribution in [-0.4, -0.2) is 17.8 Å². The SMILES string of the molecule is CCCCCCC(=O)NCC(Cl)CC(C)(C)C. The number of rotatable bonds is 8. The molecule has 0 rings (SSSR count). The molecule has 2 nitrogen and oxygen atoms in total. The fourth-order valence-electron chi connectivity index (χ4n) is 1.76. The van der Waals surface area contributed by atoms with E-state index in [0.717, 1.165) is 19.3 Å². The zero-order valence-corrected chi connectivity index (χ0v) is 12.6. The normalized spacial score (nSPS) is 13.5. The van der Waals surface area contributed by atoms with Crippen molar-refractivity contribution in [2.45, 2.75) is 71.6 Å². The summed E-state index contributed by atoms with van der Waals surface area (Å²) >= 11 is 6.18. The molecule has 0 fully saturated rings. The molecule has 1 N–H and O–H groups in total. The van der Waals surface area contributed by atoms with E-state index in [2.05, 4.69) is 33.0 Å². The molecule has 1 atom stereocenters. The van der Waals surface area contributed by atoms with Gasteiger partial charge < -0.3 is 5.32 Å². The van der Waals surface area contributed by atoms with Crippen LogP contribution < -0.4 is 5.32 Å². The first-order valence-electron chi connectivity index (χ1n) is 6.76. The maximum Gasteiger partial charge on any atom is 0.220 e. The van der Waals surface area contributed by atoms with Crippen molar-refractivity contribution in [2.24, 2.45) is 5.41 Å². The first-order valence-corrected chi connectivity index (χ1v) is 7.19. The van der Waals surface area contributed by atoms with Crippen LogP contribution in [0, 0.1) is 5.41 Å². The molecule has 17 heavy (non-hydrogen) atoms. The monoisotopic (exact) mass is 261 g/mol. The zero-order valence-electron chi connectivity index (χ0n) is 11.8. The number of hydrogen-bond acceptors (Lipinski definition) is 1. The second kappa shape index (κ2) is 8.79. The lowest BCUT2D eigenvalue weighted by molar-refractivity contribution is -0.121. The van der Waals surface area contributed by atoms with Crippen molar-refractivity contribution >= 4 is 17.5 Å². The van der Waals surface area contributed by atoms with Crippen LogP contribution in [0.5, 0.6) is 0 Å². The minimum absolute atomic E-state index is 0.0367. The van der Waals surface area contributed by atoms with Crippen LogP contribution in [0.1, 0.15) is 66.2 Å². The summed E-state index contributed by atoms with van der Waals surface area (Å²) in [6.45, 7) is 9.24. The third kappa shape index (κ3) is 12.0. The molecule has 0 aliphatic carbocycles. The number of alkyl halides is 1. The first-order chi connectivity index (χ1) is 7.85. The van der Waals surface area contributed by atoms with Gasteiger partial charge in [0.05, 0.1) is 5.38 Å². The summed E-state index contributed by atoms with van der Waals surface area (Å²) in [5.41, 5.74) is 0.221. The van der Waals surface area contributed by atoms with Crippen LogP contribution in [0.2, 0.25) is 0 Å². The van der Waals surface area contributed by atoms with Gasteiger partial charge in [0.25, 0.3) is 0 Å². The molecule has 0 aromatic carbocycles. The van der Waals surface area contributed by atoms with Gasteiger partial charge in [0.15, 0.2) is 0 Å². The molecule has 0 saturated carbocycles. The molecule has 0 saturated heterocycles. The molecule has 1 amide bonds. The highest BCUT2D eigenvalue weighted by Gasteiger charge is 2.17. The van der Waals surface area contributed by atoms with Crippen LogP contribution in [0.25, 0.3) is 0 Å². The molecule has 102 valence electrons. The minimum Gasteiger partial charge on any atom is -0.355 e. The van der Waals surface area contributed by atoms with Gasteiger partial charge in [-0.1, -0.05) is 47.0 Å². The van der Waals surface area contributed by atoms with Gasteiger partial charge in [-0.25, -0.2) is 0 Å². The summed E-state index contributed by atoms with van der Waals surface area (Å²) in [7, 11) is 0. The van der Waals surface area contributed by atoms with Gasteiger partial charge in [-0.3, -0.25) is 4.79 Å². The Balaban J connectivity index is 3.56. The molecule has 0 aromatic rings. The molecule has 0 spiro atoms. The zero-order chi connectivity index (χ0) is 13.3. The summed E-state index contributed by atoms with van der Waals surface area (Å²) in [4.78, 5) is 11.5. The standard InChI is InChI=1S/C14H28ClNO/c1-5-6-7-8-9-13(17)16-11-12(15)10-14(2,3)4/h12H,5-11H2,1-4H3,(H,16,17). The summed E-state index contributed by atoms with van der Waals surface area (Å²) in [5, 5.41) is 2.95. The second-order valence-corrected chi connectivity index (χ2v) is 6.59. The predicted octanol–water partition coefficient (Wildman–Crippen LogP) is 4.12. The van der Waals surface area contributed by atoms with Crippen molar-refractivity contribution in [1.82, 2.24) is 5.32 Å². The maximum atomic E-state index is 11.5. The molecule has 1 unspecified atom stereocenters. The summed E-state index contributed by atoms with van der Waals surface area (Å²) in [5.74, 6) is 0.140. The van der Waals surface area contributed by atoms with Gasteiger partial charge in [0.1, 0.15) is 0 Å². The van der Waals surface area contributed by atoms with E-state index < -0.39 is 0 Å². The Hall–Kier alpha value is -0.240. The van der Waals surface area contributed by atoms with E-state index in [1.807, 2.05) is 0 Å². The average Bonchev–Trinajstić information content (AvgIpc) is 2.19. The highest BCUT2D eigenvalue weighted by Crippen LogP contribution is 2.23. The number of carbonyl (C=O) groups excluding carboxylic acids is 1. The topological polar surface area (TPSA) is 29.1 Å². The van der Waals surface area contributed by atoms with Crippen molar-refractivity contribution in [3.8, 4) is 0 Å². The smallest absolute Gasteiger partial charge is 0.220 e. The minimum atomic E-state index is 0.0367. The van der Waals surface area contributed by atoms with Crippen molar-refractivity contribution in [2.75, 3.05) is 6.54 Å². The maximum absolute atomic E-state index is 11.5. The Kier molecular flexibility index (Phi) is 8.67. The van der Waals surface area contributed by atoms with Gasteiger partial charge >= 0.3 is 0 Å². The molecular formula is C14H28ClNO. The predicted molar refractivity (Wildman–Crippen MR) is 75.5 cm³/mol. The summed E-state index contributed by atoms with van der Waals surface area (Å²) < 4.78 is 0. The lowest BCUT2D eigenvalue weighted by Crippen LogP contribution is -2.31. The average molecular weight is 262 g/mol. The molecule has 3 heteroatoms. The number of halogens is 1. The molecule has 0 bridgehead atoms. The van der Waals surface area contributed by atoms with E-state index >= 15 is 0 Å². The van der Waals surface area contributed by atoms with Crippen LogP contribution >= 0.6 is 11.6 Å². The van der Waals surface area contributed by atoms with Crippen LogP contribution in [0.4, 0.5) is 0 Å². The van der Waals surface area contributed by atoms with Crippen LogP contribution in [-0.2, 0) is 4.79 Å². The van der Waals surface area contributed by atoms with E-state index in [0.29, 0.717) is 13.0 Å². The molecule has 0 aromatic heterocycles. The third-order valence-electron chi connectivity index (χ3n) is 2.61. The van der Waals surface area contributed by atoms with E-state index in [4.69, 9.17) is 11.6 Å². The Bertz CT molecular complexity index is 211. The Morgan fingerprint density at radius 2 is 1.88 bits per heavy atom. The van der Waals surface area contributed by atoms with Crippen molar-refractivity contribution in [3.63, 3.8) is 0 Å². The van der Waals surface area contributed by atoms with Gasteiger partial charge in [0.2, 0.25) is 5.91 Å². The number of amides is 1. The van der Waals surface area contributed by atoms with Gasteiger partial charge in [-0.2, -0.15) is 0 Å². The fourth-order valence-corrected chi connectivity index (χ4v) is 2.30. The van der Waals surface area contributed by atoms with E-state index in [1.165, 1.54) is 12.8 Å². The molecule has 0 heterocycles. The van der Waals surface area contributed by atoms with Gasteiger partial charge in [0, 0.05) is 13.0 Å². The quantitative estimate of drug-likeness (QED) is 0.517. The molecule has 0 aliphatic rings. The van der Waals surface area contributed by atoms with E-state index in [9.17, 15) is 4.79 Å². The van der Waals surface area contributed by atoms with Gasteiger partial charge in [-0.15, -0.1) is 11.6 Å². The van der Waals surface area contributed by atoms with E-state index in [1.54, 1.807) is 0 Å². The third-order valence-corrected chi connectivity index (χ3v) is 2.92. The number of nitrogens with one attached hydrogen (secondary N) is 1. The Morgan fingerprint density at radius 3 is 2.41 bits per heavy atom. The number of unbranched alkanes of at least 4 members (excludes halogenated alkanes) is 3. The van der Waals surface area contributed by atoms with Crippen LogP contribution in [0.3, 0.4) is 0 Å². The number of hydrogen-bond donors (Lipinski definition) is 1. The highest BCUT2D eigenvalue weighted by atomic mass is 35.5. The lowest BCUT2D eigenvalue weighted by atomic mass is 9.90. The second-order valence-electron chi connectivity index (χ2n) is 5.98. The highest BCUT2D eigenvalue weighted by molar-refractivity contribution is 6.20. The molecule has 0 radical (unpaired) electrons. The first kappa shape index (κ1) is 16.8. The lowest BCUT2D eigenvalue weighted by Gasteiger charge is -2.21. The fraction of sp³-hybridized carbons (Fsp3) is 0.929. The summed E-state index contributed by atoms with van der Waals surface area (Å²) in [6.07, 6.45) is 6.12. The van der Waals surface area contributed by atoms with Crippen molar-refractivity contribution < 1.29 is 4.79 Å². The molecule has 0 aliphatic heterocycles. The van der Waals surface area contributed by atoms with Crippen molar-refractivity contribution in [3.05, 3.63) is 0 Å². The van der Waals surface area contributed by atoms with Gasteiger partial charge in [-0.05, 0) is 18.3 Å².